The van der Waals surface area contributed by atoms with Crippen LogP contribution in [0.3, 0.4) is 0 Å². The molecule has 0 saturated heterocycles. The lowest BCUT2D eigenvalue weighted by Gasteiger charge is -2.07. The van der Waals surface area contributed by atoms with E-state index in [2.05, 4.69) is 5.32 Å². The fourth-order valence-electron chi connectivity index (χ4n) is 0.853. The lowest BCUT2D eigenvalue weighted by molar-refractivity contribution is 0.150. The van der Waals surface area contributed by atoms with Crippen LogP contribution in [0.5, 0.6) is 0 Å². The fourth-order valence-corrected chi connectivity index (χ4v) is 0.853. The van der Waals surface area contributed by atoms with E-state index in [9.17, 15) is 4.79 Å². The molecule has 0 heterocycles. The van der Waals surface area contributed by atoms with Crippen LogP contribution in [0.4, 0.5) is 4.79 Å². The van der Waals surface area contributed by atoms with Gasteiger partial charge in [-0.1, -0.05) is 0 Å². The number of primary amides is 1. The number of amides is 2. The van der Waals surface area contributed by atoms with Crippen molar-refractivity contribution in [3.05, 3.63) is 0 Å². The Morgan fingerprint density at radius 2 is 2.40 bits per heavy atom. The lowest BCUT2D eigenvalue weighted by atomic mass is 10.2. The lowest BCUT2D eigenvalue weighted by Crippen LogP contribution is -2.36. The Kier molecular flexibility index (Phi) is 2.11. The number of carbonyl (C=O) groups is 1. The summed E-state index contributed by atoms with van der Waals surface area (Å²) >= 11 is 0. The van der Waals surface area contributed by atoms with Crippen LogP contribution >= 0.6 is 0 Å². The number of rotatable bonds is 3. The fraction of sp³-hybridized carbons (Fsp3) is 0.833. The maximum Gasteiger partial charge on any atom is 0.312 e. The number of hydrogen-bond acceptors (Lipinski definition) is 2. The van der Waals surface area contributed by atoms with E-state index in [4.69, 9.17) is 10.8 Å². The first-order chi connectivity index (χ1) is 4.70. The van der Waals surface area contributed by atoms with Gasteiger partial charge in [-0.05, 0) is 18.8 Å². The van der Waals surface area contributed by atoms with Gasteiger partial charge in [0.25, 0.3) is 0 Å². The van der Waals surface area contributed by atoms with Gasteiger partial charge in [0, 0.05) is 6.54 Å². The summed E-state index contributed by atoms with van der Waals surface area (Å²) in [4.78, 5) is 10.1. The van der Waals surface area contributed by atoms with E-state index in [-0.39, 0.29) is 0 Å². The molecule has 1 saturated carbocycles. The standard InChI is InChI=1S/C6H12N2O2/c7-6(10)8-3-5(9)4-1-2-4/h4-5,9H,1-3H2,(H3,7,8,10). The maximum absolute atomic E-state index is 10.1. The zero-order chi connectivity index (χ0) is 7.56. The first-order valence-corrected chi connectivity index (χ1v) is 3.41. The van der Waals surface area contributed by atoms with Crippen LogP contribution in [0.25, 0.3) is 0 Å². The third kappa shape index (κ3) is 2.23. The summed E-state index contributed by atoms with van der Waals surface area (Å²) in [6.45, 7) is 0.292. The van der Waals surface area contributed by atoms with Gasteiger partial charge in [0.1, 0.15) is 0 Å². The zero-order valence-corrected chi connectivity index (χ0v) is 5.71. The number of urea groups is 1. The van der Waals surface area contributed by atoms with Gasteiger partial charge < -0.3 is 16.2 Å². The number of aliphatic hydroxyl groups is 1. The van der Waals surface area contributed by atoms with Crippen LogP contribution in [0.15, 0.2) is 0 Å². The summed E-state index contributed by atoms with van der Waals surface area (Å²) in [5.74, 6) is 0.395. The molecule has 1 rings (SSSR count). The van der Waals surface area contributed by atoms with Crippen molar-refractivity contribution >= 4 is 6.03 Å². The molecule has 0 aliphatic heterocycles. The molecule has 10 heavy (non-hydrogen) atoms. The van der Waals surface area contributed by atoms with Crippen LogP contribution in [-0.4, -0.2) is 23.8 Å². The summed E-state index contributed by atoms with van der Waals surface area (Å²) in [6, 6.07) is -0.570. The van der Waals surface area contributed by atoms with E-state index in [0.29, 0.717) is 12.5 Å². The predicted octanol–water partition coefficient (Wildman–Crippen LogP) is -0.574. The van der Waals surface area contributed by atoms with Gasteiger partial charge in [-0.2, -0.15) is 0 Å². The molecule has 0 spiro atoms. The third-order valence-corrected chi connectivity index (χ3v) is 1.65. The Bertz CT molecular complexity index is 134. The molecule has 0 aromatic heterocycles. The van der Waals surface area contributed by atoms with Gasteiger partial charge in [-0.3, -0.25) is 0 Å². The summed E-state index contributed by atoms with van der Waals surface area (Å²) in [5, 5.41) is 11.5. The Morgan fingerprint density at radius 1 is 1.80 bits per heavy atom. The summed E-state index contributed by atoms with van der Waals surface area (Å²) in [6.07, 6.45) is 1.75. The molecule has 2 amide bonds. The van der Waals surface area contributed by atoms with Gasteiger partial charge in [0.05, 0.1) is 6.10 Å². The number of carbonyl (C=O) groups excluding carboxylic acids is 1. The van der Waals surface area contributed by atoms with Crippen molar-refractivity contribution in [2.75, 3.05) is 6.54 Å². The maximum atomic E-state index is 10.1. The van der Waals surface area contributed by atoms with Gasteiger partial charge in [0.15, 0.2) is 0 Å². The first kappa shape index (κ1) is 7.34. The van der Waals surface area contributed by atoms with E-state index in [1.807, 2.05) is 0 Å². The molecule has 4 N–H and O–H groups in total. The monoisotopic (exact) mass is 144 g/mol. The summed E-state index contributed by atoms with van der Waals surface area (Å²) in [5.41, 5.74) is 4.80. The van der Waals surface area contributed by atoms with Crippen LogP contribution in [0.2, 0.25) is 0 Å². The zero-order valence-electron chi connectivity index (χ0n) is 5.71. The Balaban J connectivity index is 2.05. The highest BCUT2D eigenvalue weighted by Gasteiger charge is 2.29. The van der Waals surface area contributed by atoms with E-state index in [1.54, 1.807) is 0 Å². The Labute approximate surface area is 59.4 Å². The molecular formula is C6H12N2O2. The van der Waals surface area contributed by atoms with Gasteiger partial charge in [-0.15, -0.1) is 0 Å². The van der Waals surface area contributed by atoms with Crippen LogP contribution < -0.4 is 11.1 Å². The SMILES string of the molecule is NC(=O)NCC(O)C1CC1. The number of aliphatic hydroxyl groups excluding tert-OH is 1. The van der Waals surface area contributed by atoms with E-state index < -0.39 is 12.1 Å². The minimum Gasteiger partial charge on any atom is -0.391 e. The highest BCUT2D eigenvalue weighted by Crippen LogP contribution is 2.32. The molecule has 0 aromatic rings. The molecule has 0 bridgehead atoms. The van der Waals surface area contributed by atoms with Crippen molar-refractivity contribution in [2.45, 2.75) is 18.9 Å². The smallest absolute Gasteiger partial charge is 0.312 e. The minimum atomic E-state index is -0.570. The molecule has 1 aliphatic carbocycles. The Hall–Kier alpha value is -0.770. The second-order valence-electron chi connectivity index (χ2n) is 2.65. The second kappa shape index (κ2) is 2.88. The number of hydrogen-bond donors (Lipinski definition) is 3. The molecule has 1 unspecified atom stereocenters. The Morgan fingerprint density at radius 3 is 2.80 bits per heavy atom. The molecule has 4 heteroatoms. The van der Waals surface area contributed by atoms with Gasteiger partial charge in [-0.25, -0.2) is 4.79 Å². The normalized spacial score (nSPS) is 20.1. The molecule has 0 radical (unpaired) electrons. The number of nitrogens with one attached hydrogen (secondary N) is 1. The molecule has 4 nitrogen and oxygen atoms in total. The van der Waals surface area contributed by atoms with E-state index in [0.717, 1.165) is 12.8 Å². The highest BCUT2D eigenvalue weighted by molar-refractivity contribution is 5.71. The van der Waals surface area contributed by atoms with Crippen LogP contribution in [0, 0.1) is 5.92 Å². The largest absolute Gasteiger partial charge is 0.391 e. The first-order valence-electron chi connectivity index (χ1n) is 3.41. The van der Waals surface area contributed by atoms with Crippen LogP contribution in [-0.2, 0) is 0 Å². The predicted molar refractivity (Wildman–Crippen MR) is 36.3 cm³/mol. The van der Waals surface area contributed by atoms with Crippen LogP contribution in [0.1, 0.15) is 12.8 Å². The average Bonchev–Trinajstić information content (AvgIpc) is 2.63. The highest BCUT2D eigenvalue weighted by atomic mass is 16.3. The van der Waals surface area contributed by atoms with E-state index in [1.165, 1.54) is 0 Å². The number of nitrogens with two attached hydrogens (primary N) is 1. The van der Waals surface area contributed by atoms with E-state index >= 15 is 0 Å². The minimum absolute atomic E-state index is 0.292. The average molecular weight is 144 g/mol. The molecule has 58 valence electrons. The second-order valence-corrected chi connectivity index (χ2v) is 2.65. The topological polar surface area (TPSA) is 75.4 Å². The summed E-state index contributed by atoms with van der Waals surface area (Å²) < 4.78 is 0. The van der Waals surface area contributed by atoms with Crippen molar-refractivity contribution < 1.29 is 9.90 Å². The van der Waals surface area contributed by atoms with Crippen molar-refractivity contribution in [1.82, 2.24) is 5.32 Å². The molecule has 1 fully saturated rings. The van der Waals surface area contributed by atoms with Crippen molar-refractivity contribution in [3.63, 3.8) is 0 Å². The van der Waals surface area contributed by atoms with Crippen molar-refractivity contribution in [3.8, 4) is 0 Å². The van der Waals surface area contributed by atoms with Crippen molar-refractivity contribution in [2.24, 2.45) is 11.7 Å². The summed E-state index contributed by atoms with van der Waals surface area (Å²) in [7, 11) is 0. The van der Waals surface area contributed by atoms with Gasteiger partial charge in [0.2, 0.25) is 0 Å². The quantitative estimate of drug-likeness (QED) is 0.496. The molecule has 1 atom stereocenters. The molecular weight excluding hydrogens is 132 g/mol. The molecule has 0 aromatic carbocycles. The third-order valence-electron chi connectivity index (χ3n) is 1.65. The van der Waals surface area contributed by atoms with Gasteiger partial charge >= 0.3 is 6.03 Å². The van der Waals surface area contributed by atoms with Crippen molar-refractivity contribution in [1.29, 1.82) is 0 Å². The molecule has 1 aliphatic rings.